The van der Waals surface area contributed by atoms with Crippen molar-refractivity contribution in [2.24, 2.45) is 0 Å². The summed E-state index contributed by atoms with van der Waals surface area (Å²) in [5, 5.41) is 9.51. The van der Waals surface area contributed by atoms with Crippen molar-refractivity contribution in [3.63, 3.8) is 0 Å². The van der Waals surface area contributed by atoms with Crippen molar-refractivity contribution < 1.29 is 27.9 Å². The first kappa shape index (κ1) is 22.4. The molecule has 0 saturated carbocycles. The highest BCUT2D eigenvalue weighted by Gasteiger charge is 2.20. The number of carbonyl (C=O) groups is 2. The highest BCUT2D eigenvalue weighted by atomic mass is 32.2. The van der Waals surface area contributed by atoms with Crippen LogP contribution in [0.2, 0.25) is 0 Å². The third-order valence-electron chi connectivity index (χ3n) is 4.12. The number of nitrogens with zero attached hydrogens (tertiary/aromatic N) is 1. The fraction of sp³-hybridized carbons (Fsp3) is 0.300. The van der Waals surface area contributed by atoms with Crippen LogP contribution in [0, 0.1) is 0 Å². The van der Waals surface area contributed by atoms with Gasteiger partial charge in [0.2, 0.25) is 0 Å². The molecule has 2 aromatic carbocycles. The Morgan fingerprint density at radius 3 is 2.03 bits per heavy atom. The molecule has 0 spiro atoms. The number of aliphatic hydroxyl groups excluding tert-OH is 1. The second-order valence-electron chi connectivity index (χ2n) is 6.71. The van der Waals surface area contributed by atoms with Crippen molar-refractivity contribution in [3.05, 3.63) is 59.7 Å². The van der Waals surface area contributed by atoms with E-state index < -0.39 is 28.2 Å². The summed E-state index contributed by atoms with van der Waals surface area (Å²) in [6, 6.07) is 11.5. The highest BCUT2D eigenvalue weighted by Crippen LogP contribution is 2.20. The Bertz CT molecular complexity index is 967. The number of nitrogens with one attached hydrogen (secondary N) is 1. The summed E-state index contributed by atoms with van der Waals surface area (Å²) in [6.07, 6.45) is -1.62. The number of amides is 1. The Balaban J connectivity index is 2.08. The molecule has 2 aromatic rings. The molecule has 2 N–H and O–H groups in total. The number of likely N-dealkylation sites (N-methyl/N-ethyl adjacent to an activating group) is 1. The maximum absolute atomic E-state index is 12.5. The SMILES string of the molecule is C[C@H](OC(=O)c1ccc(NS(=O)(=O)c2ccc([C@H](C)O)cc2)cc1)C(=O)N(C)C. The van der Waals surface area contributed by atoms with Crippen molar-refractivity contribution in [1.82, 2.24) is 4.90 Å². The van der Waals surface area contributed by atoms with Gasteiger partial charge >= 0.3 is 5.97 Å². The maximum Gasteiger partial charge on any atom is 0.338 e. The van der Waals surface area contributed by atoms with Crippen LogP contribution in [-0.2, 0) is 19.6 Å². The van der Waals surface area contributed by atoms with E-state index in [1.807, 2.05) is 0 Å². The number of anilines is 1. The van der Waals surface area contributed by atoms with Crippen LogP contribution in [0.1, 0.15) is 35.9 Å². The van der Waals surface area contributed by atoms with Gasteiger partial charge in [-0.25, -0.2) is 13.2 Å². The molecule has 0 heterocycles. The third kappa shape index (κ3) is 5.78. The fourth-order valence-corrected chi connectivity index (χ4v) is 3.52. The zero-order chi connectivity index (χ0) is 21.8. The van der Waals surface area contributed by atoms with E-state index in [0.29, 0.717) is 5.56 Å². The van der Waals surface area contributed by atoms with Crippen LogP contribution < -0.4 is 4.72 Å². The smallest absolute Gasteiger partial charge is 0.338 e. The van der Waals surface area contributed by atoms with Crippen LogP contribution in [-0.4, -0.2) is 50.5 Å². The normalized spacial score (nSPS) is 13.3. The predicted octanol–water partition coefficient (Wildman–Crippen LogP) is 2.17. The molecule has 1 amide bonds. The topological polar surface area (TPSA) is 113 Å². The first-order chi connectivity index (χ1) is 13.5. The molecule has 0 fully saturated rings. The van der Waals surface area contributed by atoms with E-state index in [1.165, 1.54) is 60.4 Å². The lowest BCUT2D eigenvalue weighted by Gasteiger charge is -2.17. The molecule has 9 heteroatoms. The van der Waals surface area contributed by atoms with E-state index in [0.717, 1.165) is 0 Å². The molecular weight excluding hydrogens is 396 g/mol. The molecule has 0 saturated heterocycles. The van der Waals surface area contributed by atoms with E-state index in [1.54, 1.807) is 21.0 Å². The maximum atomic E-state index is 12.5. The van der Waals surface area contributed by atoms with Gasteiger partial charge in [-0.05, 0) is 55.8 Å². The minimum atomic E-state index is -3.83. The van der Waals surface area contributed by atoms with Crippen molar-refractivity contribution in [2.45, 2.75) is 31.0 Å². The molecular formula is C20H24N2O6S. The lowest BCUT2D eigenvalue weighted by molar-refractivity contribution is -0.137. The average Bonchev–Trinajstić information content (AvgIpc) is 2.67. The standard InChI is InChI=1S/C20H24N2O6S/c1-13(23)15-7-11-18(12-8-15)29(26,27)21-17-9-5-16(6-10-17)20(25)28-14(2)19(24)22(3)4/h5-14,21,23H,1-4H3/t13-,14-/m0/s1. The summed E-state index contributed by atoms with van der Waals surface area (Å²) >= 11 is 0. The van der Waals surface area contributed by atoms with E-state index in [9.17, 15) is 23.1 Å². The molecule has 2 atom stereocenters. The van der Waals surface area contributed by atoms with E-state index in [2.05, 4.69) is 4.72 Å². The number of aliphatic hydroxyl groups is 1. The Morgan fingerprint density at radius 1 is 1.00 bits per heavy atom. The Morgan fingerprint density at radius 2 is 1.55 bits per heavy atom. The number of carbonyl (C=O) groups excluding carboxylic acids is 2. The quantitative estimate of drug-likeness (QED) is 0.664. The van der Waals surface area contributed by atoms with Crippen molar-refractivity contribution in [3.8, 4) is 0 Å². The van der Waals surface area contributed by atoms with Gasteiger partial charge in [0.05, 0.1) is 16.6 Å². The number of benzene rings is 2. The molecule has 2 rings (SSSR count). The van der Waals surface area contributed by atoms with Gasteiger partial charge in [0.15, 0.2) is 6.10 Å². The van der Waals surface area contributed by atoms with Crippen LogP contribution >= 0.6 is 0 Å². The molecule has 8 nitrogen and oxygen atoms in total. The van der Waals surface area contributed by atoms with Crippen molar-refractivity contribution >= 4 is 27.6 Å². The van der Waals surface area contributed by atoms with Gasteiger partial charge in [-0.1, -0.05) is 12.1 Å². The molecule has 156 valence electrons. The van der Waals surface area contributed by atoms with Gasteiger partial charge in [0, 0.05) is 19.8 Å². The molecule has 0 unspecified atom stereocenters. The number of hydrogen-bond donors (Lipinski definition) is 2. The second kappa shape index (κ2) is 9.06. The van der Waals surface area contributed by atoms with Gasteiger partial charge < -0.3 is 14.7 Å². The summed E-state index contributed by atoms with van der Waals surface area (Å²) in [4.78, 5) is 25.3. The number of hydrogen-bond acceptors (Lipinski definition) is 6. The van der Waals surface area contributed by atoms with Crippen LogP contribution in [0.15, 0.2) is 53.4 Å². The van der Waals surface area contributed by atoms with Gasteiger partial charge in [0.25, 0.3) is 15.9 Å². The summed E-state index contributed by atoms with van der Waals surface area (Å²) in [6.45, 7) is 3.07. The van der Waals surface area contributed by atoms with Gasteiger partial charge in [0.1, 0.15) is 0 Å². The molecule has 0 bridgehead atoms. The largest absolute Gasteiger partial charge is 0.449 e. The Hall–Kier alpha value is -2.91. The van der Waals surface area contributed by atoms with Crippen molar-refractivity contribution in [1.29, 1.82) is 0 Å². The summed E-state index contributed by atoms with van der Waals surface area (Å²) in [7, 11) is -0.705. The summed E-state index contributed by atoms with van der Waals surface area (Å²) in [5.41, 5.74) is 1.06. The molecule has 0 radical (unpaired) electrons. The zero-order valence-electron chi connectivity index (χ0n) is 16.6. The van der Waals surface area contributed by atoms with Crippen LogP contribution in [0.4, 0.5) is 5.69 Å². The van der Waals surface area contributed by atoms with Crippen LogP contribution in [0.25, 0.3) is 0 Å². The van der Waals surface area contributed by atoms with Gasteiger partial charge in [-0.2, -0.15) is 0 Å². The van der Waals surface area contributed by atoms with E-state index in [-0.39, 0.29) is 22.1 Å². The van der Waals surface area contributed by atoms with E-state index >= 15 is 0 Å². The predicted molar refractivity (Wildman–Crippen MR) is 108 cm³/mol. The van der Waals surface area contributed by atoms with Crippen LogP contribution in [0.5, 0.6) is 0 Å². The zero-order valence-corrected chi connectivity index (χ0v) is 17.4. The fourth-order valence-electron chi connectivity index (χ4n) is 2.46. The first-order valence-corrected chi connectivity index (χ1v) is 10.3. The van der Waals surface area contributed by atoms with Crippen molar-refractivity contribution in [2.75, 3.05) is 18.8 Å². The average molecular weight is 420 g/mol. The second-order valence-corrected chi connectivity index (χ2v) is 8.39. The number of sulfonamides is 1. The van der Waals surface area contributed by atoms with Gasteiger partial charge in [-0.3, -0.25) is 9.52 Å². The third-order valence-corrected chi connectivity index (χ3v) is 5.52. The molecule has 0 aliphatic rings. The lowest BCUT2D eigenvalue weighted by atomic mass is 10.1. The molecule has 29 heavy (non-hydrogen) atoms. The number of esters is 1. The highest BCUT2D eigenvalue weighted by molar-refractivity contribution is 7.92. The van der Waals surface area contributed by atoms with E-state index in [4.69, 9.17) is 4.74 Å². The van der Waals surface area contributed by atoms with Gasteiger partial charge in [-0.15, -0.1) is 0 Å². The first-order valence-electron chi connectivity index (χ1n) is 8.84. The number of rotatable bonds is 7. The lowest BCUT2D eigenvalue weighted by Crippen LogP contribution is -2.34. The molecule has 0 aliphatic heterocycles. The Kier molecular flexibility index (Phi) is 6.99. The minimum absolute atomic E-state index is 0.0430. The minimum Gasteiger partial charge on any atom is -0.449 e. The summed E-state index contributed by atoms with van der Waals surface area (Å²) in [5.74, 6) is -1.03. The molecule has 0 aliphatic carbocycles. The number of ether oxygens (including phenoxy) is 1. The Labute approximate surface area is 170 Å². The monoisotopic (exact) mass is 420 g/mol. The summed E-state index contributed by atoms with van der Waals surface area (Å²) < 4.78 is 32.5. The van der Waals surface area contributed by atoms with Crippen LogP contribution in [0.3, 0.4) is 0 Å². The molecule has 0 aromatic heterocycles.